The second kappa shape index (κ2) is 5.94. The van der Waals surface area contributed by atoms with E-state index in [0.29, 0.717) is 34.2 Å². The quantitative estimate of drug-likeness (QED) is 0.571. The van der Waals surface area contributed by atoms with Crippen molar-refractivity contribution in [1.82, 2.24) is 14.7 Å². The molecular formula is C18H12ClN3O2. The Kier molecular flexibility index (Phi) is 3.63. The van der Waals surface area contributed by atoms with Gasteiger partial charge in [-0.3, -0.25) is 4.79 Å². The molecule has 0 fully saturated rings. The molecule has 2 aromatic heterocycles. The van der Waals surface area contributed by atoms with Gasteiger partial charge in [0.25, 0.3) is 5.89 Å². The Hall–Kier alpha value is -2.92. The minimum absolute atomic E-state index is 0.00767. The molecule has 0 bridgehead atoms. The molecule has 0 N–H and O–H groups in total. The first-order chi connectivity index (χ1) is 11.7. The Morgan fingerprint density at radius 1 is 1.04 bits per heavy atom. The van der Waals surface area contributed by atoms with Crippen molar-refractivity contribution in [2.45, 2.75) is 6.54 Å². The van der Waals surface area contributed by atoms with E-state index in [1.807, 2.05) is 41.0 Å². The zero-order valence-corrected chi connectivity index (χ0v) is 13.3. The minimum Gasteiger partial charge on any atom is -0.339 e. The lowest BCUT2D eigenvalue weighted by Gasteiger charge is -2.07. The lowest BCUT2D eigenvalue weighted by Crippen LogP contribution is -2.09. The molecule has 0 spiro atoms. The topological polar surface area (TPSA) is 60.9 Å². The number of aromatic nitrogens is 3. The van der Waals surface area contributed by atoms with E-state index >= 15 is 0 Å². The third-order valence-electron chi connectivity index (χ3n) is 3.77. The van der Waals surface area contributed by atoms with E-state index in [1.54, 1.807) is 18.3 Å². The summed E-state index contributed by atoms with van der Waals surface area (Å²) in [5, 5.41) is 5.23. The molecule has 0 radical (unpaired) electrons. The molecule has 4 rings (SSSR count). The minimum atomic E-state index is -0.00767. The molecule has 0 aliphatic rings. The van der Waals surface area contributed by atoms with Crippen LogP contribution in [0.4, 0.5) is 0 Å². The van der Waals surface area contributed by atoms with Gasteiger partial charge in [0.05, 0.1) is 22.6 Å². The van der Waals surface area contributed by atoms with Gasteiger partial charge in [-0.25, -0.2) is 0 Å². The molecule has 2 aromatic carbocycles. The van der Waals surface area contributed by atoms with Crippen molar-refractivity contribution in [3.63, 3.8) is 0 Å². The predicted octanol–water partition coefficient (Wildman–Crippen LogP) is 3.75. The summed E-state index contributed by atoms with van der Waals surface area (Å²) in [5.74, 6) is 0.889. The summed E-state index contributed by atoms with van der Waals surface area (Å²) in [4.78, 5) is 16.3. The molecule has 5 nitrogen and oxygen atoms in total. The lowest BCUT2D eigenvalue weighted by atomic mass is 10.2. The maximum absolute atomic E-state index is 11.9. The first-order valence-electron chi connectivity index (χ1n) is 7.38. The Labute approximate surface area is 142 Å². The van der Waals surface area contributed by atoms with Crippen molar-refractivity contribution >= 4 is 22.5 Å². The van der Waals surface area contributed by atoms with Crippen molar-refractivity contribution in [2.24, 2.45) is 0 Å². The number of fused-ring (bicyclic) bond motifs is 1. The van der Waals surface area contributed by atoms with Crippen LogP contribution in [0.15, 0.2) is 70.1 Å². The number of nitrogens with zero attached hydrogens (tertiary/aromatic N) is 3. The van der Waals surface area contributed by atoms with Gasteiger partial charge in [0.15, 0.2) is 11.3 Å². The van der Waals surface area contributed by atoms with Crippen LogP contribution in [0, 0.1) is 0 Å². The van der Waals surface area contributed by atoms with Gasteiger partial charge in [-0.2, -0.15) is 4.98 Å². The molecule has 0 amide bonds. The Morgan fingerprint density at radius 2 is 1.83 bits per heavy atom. The smallest absolute Gasteiger partial charge is 0.259 e. The first kappa shape index (κ1) is 14.7. The molecular weight excluding hydrogens is 326 g/mol. The number of hydrogen-bond acceptors (Lipinski definition) is 4. The molecule has 0 saturated heterocycles. The SMILES string of the molecule is O=c1ccn(Cc2noc(-c3ccccc3Cl)n2)c2ccccc12. The predicted molar refractivity (Wildman–Crippen MR) is 92.1 cm³/mol. The summed E-state index contributed by atoms with van der Waals surface area (Å²) in [6.07, 6.45) is 1.73. The average molecular weight is 338 g/mol. The van der Waals surface area contributed by atoms with E-state index in [-0.39, 0.29) is 5.43 Å². The summed E-state index contributed by atoms with van der Waals surface area (Å²) >= 11 is 6.16. The number of halogens is 1. The van der Waals surface area contributed by atoms with Crippen LogP contribution in [-0.2, 0) is 6.54 Å². The van der Waals surface area contributed by atoms with E-state index in [4.69, 9.17) is 16.1 Å². The first-order valence-corrected chi connectivity index (χ1v) is 7.76. The van der Waals surface area contributed by atoms with Crippen LogP contribution in [0.1, 0.15) is 5.82 Å². The fraction of sp³-hybridized carbons (Fsp3) is 0.0556. The summed E-state index contributed by atoms with van der Waals surface area (Å²) in [5.41, 5.74) is 1.52. The second-order valence-corrected chi connectivity index (χ2v) is 5.73. The van der Waals surface area contributed by atoms with Gasteiger partial charge in [0, 0.05) is 17.6 Å². The van der Waals surface area contributed by atoms with Crippen LogP contribution in [0.2, 0.25) is 5.02 Å². The fourth-order valence-electron chi connectivity index (χ4n) is 2.61. The van der Waals surface area contributed by atoms with Gasteiger partial charge in [0.2, 0.25) is 0 Å². The van der Waals surface area contributed by atoms with E-state index < -0.39 is 0 Å². The Balaban J connectivity index is 1.72. The lowest BCUT2D eigenvalue weighted by molar-refractivity contribution is 0.421. The third kappa shape index (κ3) is 2.59. The van der Waals surface area contributed by atoms with Crippen molar-refractivity contribution in [2.75, 3.05) is 0 Å². The normalized spacial score (nSPS) is 11.0. The van der Waals surface area contributed by atoms with Crippen LogP contribution in [0.3, 0.4) is 0 Å². The van der Waals surface area contributed by atoms with Gasteiger partial charge in [-0.05, 0) is 24.3 Å². The molecule has 6 heteroatoms. The largest absolute Gasteiger partial charge is 0.339 e. The number of hydrogen-bond donors (Lipinski definition) is 0. The number of pyridine rings is 1. The third-order valence-corrected chi connectivity index (χ3v) is 4.10. The van der Waals surface area contributed by atoms with Crippen molar-refractivity contribution < 1.29 is 4.52 Å². The summed E-state index contributed by atoms with van der Waals surface area (Å²) in [6, 6.07) is 16.3. The molecule has 118 valence electrons. The number of rotatable bonds is 3. The second-order valence-electron chi connectivity index (χ2n) is 5.32. The van der Waals surface area contributed by atoms with Gasteiger partial charge >= 0.3 is 0 Å². The highest BCUT2D eigenvalue weighted by atomic mass is 35.5. The highest BCUT2D eigenvalue weighted by molar-refractivity contribution is 6.33. The van der Waals surface area contributed by atoms with E-state index in [1.165, 1.54) is 6.07 Å². The Morgan fingerprint density at radius 3 is 2.71 bits per heavy atom. The summed E-state index contributed by atoms with van der Waals surface area (Å²) in [6.45, 7) is 0.398. The highest BCUT2D eigenvalue weighted by Crippen LogP contribution is 2.26. The number of para-hydroxylation sites is 1. The molecule has 0 saturated carbocycles. The molecule has 24 heavy (non-hydrogen) atoms. The van der Waals surface area contributed by atoms with Gasteiger partial charge in [0.1, 0.15) is 0 Å². The van der Waals surface area contributed by atoms with Gasteiger partial charge < -0.3 is 9.09 Å². The average Bonchev–Trinajstić information content (AvgIpc) is 3.06. The van der Waals surface area contributed by atoms with Crippen LogP contribution in [0.5, 0.6) is 0 Å². The van der Waals surface area contributed by atoms with Crippen molar-refractivity contribution in [3.8, 4) is 11.5 Å². The molecule has 0 aliphatic heterocycles. The van der Waals surface area contributed by atoms with Gasteiger partial charge in [-0.1, -0.05) is 41.0 Å². The van der Waals surface area contributed by atoms with E-state index in [9.17, 15) is 4.79 Å². The monoisotopic (exact) mass is 337 g/mol. The highest BCUT2D eigenvalue weighted by Gasteiger charge is 2.12. The summed E-state index contributed by atoms with van der Waals surface area (Å²) < 4.78 is 7.23. The maximum Gasteiger partial charge on any atom is 0.259 e. The van der Waals surface area contributed by atoms with Crippen molar-refractivity contribution in [1.29, 1.82) is 0 Å². The van der Waals surface area contributed by atoms with E-state index in [0.717, 1.165) is 5.52 Å². The van der Waals surface area contributed by atoms with Crippen molar-refractivity contribution in [3.05, 3.63) is 81.9 Å². The van der Waals surface area contributed by atoms with Gasteiger partial charge in [-0.15, -0.1) is 0 Å². The van der Waals surface area contributed by atoms with Crippen LogP contribution in [0.25, 0.3) is 22.4 Å². The zero-order valence-electron chi connectivity index (χ0n) is 12.5. The van der Waals surface area contributed by atoms with E-state index in [2.05, 4.69) is 10.1 Å². The van der Waals surface area contributed by atoms with Crippen LogP contribution < -0.4 is 5.43 Å². The molecule has 4 aromatic rings. The number of benzene rings is 2. The fourth-order valence-corrected chi connectivity index (χ4v) is 2.83. The molecule has 0 aliphatic carbocycles. The van der Waals surface area contributed by atoms with Crippen LogP contribution in [-0.4, -0.2) is 14.7 Å². The molecule has 2 heterocycles. The Bertz CT molecular complexity index is 1080. The molecule has 0 atom stereocenters. The zero-order chi connectivity index (χ0) is 16.5. The summed E-state index contributed by atoms with van der Waals surface area (Å²) in [7, 11) is 0. The maximum atomic E-state index is 11.9. The standard InChI is InChI=1S/C18H12ClN3O2/c19-14-7-3-1-5-12(14)18-20-17(21-24-18)11-22-10-9-16(23)13-6-2-4-8-15(13)22/h1-10H,11H2. The molecule has 0 unspecified atom stereocenters. The van der Waals surface area contributed by atoms with Crippen LogP contribution >= 0.6 is 11.6 Å².